The molecule has 0 unspecified atom stereocenters. The van der Waals surface area contributed by atoms with Crippen LogP contribution in [-0.2, 0) is 27.4 Å². The number of amides is 1. The highest BCUT2D eigenvalue weighted by atomic mass is 16.5. The van der Waals surface area contributed by atoms with E-state index in [-0.39, 0.29) is 24.2 Å². The van der Waals surface area contributed by atoms with Gasteiger partial charge in [0.1, 0.15) is 5.75 Å². The lowest BCUT2D eigenvalue weighted by Gasteiger charge is -2.44. The van der Waals surface area contributed by atoms with Crippen LogP contribution in [0.25, 0.3) is 0 Å². The minimum atomic E-state index is -0.520. The lowest BCUT2D eigenvalue weighted by atomic mass is 9.94. The second kappa shape index (κ2) is 11.6. The fourth-order valence-electron chi connectivity index (χ4n) is 4.77. The Labute approximate surface area is 195 Å². The maximum atomic E-state index is 12.6. The second-order valence-corrected chi connectivity index (χ2v) is 8.84. The highest BCUT2D eigenvalue weighted by Crippen LogP contribution is 2.29. The van der Waals surface area contributed by atoms with E-state index in [4.69, 9.17) is 14.2 Å². The van der Waals surface area contributed by atoms with Gasteiger partial charge in [0.15, 0.2) is 0 Å². The van der Waals surface area contributed by atoms with E-state index < -0.39 is 6.10 Å². The molecule has 2 saturated heterocycles. The van der Waals surface area contributed by atoms with E-state index in [1.165, 1.54) is 5.56 Å². The van der Waals surface area contributed by atoms with Gasteiger partial charge in [-0.1, -0.05) is 48.5 Å². The number of ether oxygens (including phenoxy) is 3. The third-order valence-corrected chi connectivity index (χ3v) is 6.40. The number of benzene rings is 2. The molecule has 4 rings (SSSR count). The number of aliphatic hydroxyl groups is 1. The largest absolute Gasteiger partial charge is 0.496 e. The summed E-state index contributed by atoms with van der Waals surface area (Å²) in [7, 11) is 1.63. The van der Waals surface area contributed by atoms with Crippen LogP contribution in [0.4, 0.5) is 0 Å². The fourth-order valence-corrected chi connectivity index (χ4v) is 4.77. The number of para-hydroxylation sites is 1. The van der Waals surface area contributed by atoms with Crippen LogP contribution >= 0.6 is 0 Å². The molecule has 2 aromatic rings. The summed E-state index contributed by atoms with van der Waals surface area (Å²) < 4.78 is 17.4. The van der Waals surface area contributed by atoms with Crippen LogP contribution in [0, 0.1) is 0 Å². The Morgan fingerprint density at radius 3 is 2.73 bits per heavy atom. The van der Waals surface area contributed by atoms with Gasteiger partial charge in [-0.15, -0.1) is 0 Å². The van der Waals surface area contributed by atoms with Crippen LogP contribution in [-0.4, -0.2) is 67.1 Å². The van der Waals surface area contributed by atoms with Gasteiger partial charge in [-0.3, -0.25) is 9.69 Å². The predicted molar refractivity (Wildman–Crippen MR) is 125 cm³/mol. The summed E-state index contributed by atoms with van der Waals surface area (Å²) in [6, 6.07) is 18.1. The molecule has 1 amide bonds. The molecular formula is C26H34N2O5. The number of rotatable bonds is 7. The van der Waals surface area contributed by atoms with E-state index in [0.29, 0.717) is 32.7 Å². The molecule has 0 radical (unpaired) electrons. The quantitative estimate of drug-likeness (QED) is 0.669. The summed E-state index contributed by atoms with van der Waals surface area (Å²) in [5, 5.41) is 13.3. The lowest BCUT2D eigenvalue weighted by Crippen LogP contribution is -2.55. The number of hydrogen-bond donors (Lipinski definition) is 2. The van der Waals surface area contributed by atoms with Crippen LogP contribution in [0.15, 0.2) is 54.6 Å². The molecule has 2 aliphatic rings. The average Bonchev–Trinajstić information content (AvgIpc) is 2.82. The topological polar surface area (TPSA) is 80.3 Å². The Bertz CT molecular complexity index is 893. The van der Waals surface area contributed by atoms with Gasteiger partial charge >= 0.3 is 0 Å². The second-order valence-electron chi connectivity index (χ2n) is 8.84. The number of aliphatic hydroxyl groups excluding tert-OH is 1. The van der Waals surface area contributed by atoms with Crippen molar-refractivity contribution in [3.05, 3.63) is 65.7 Å². The first kappa shape index (κ1) is 23.7. The Kier molecular flexibility index (Phi) is 8.34. The van der Waals surface area contributed by atoms with Crippen LogP contribution < -0.4 is 10.1 Å². The van der Waals surface area contributed by atoms with Gasteiger partial charge in [-0.25, -0.2) is 0 Å². The van der Waals surface area contributed by atoms with E-state index in [1.54, 1.807) is 7.11 Å². The van der Waals surface area contributed by atoms with Gasteiger partial charge in [0.2, 0.25) is 5.91 Å². The molecule has 0 aromatic heterocycles. The lowest BCUT2D eigenvalue weighted by molar-refractivity contribution is -0.158. The van der Waals surface area contributed by atoms with E-state index in [1.807, 2.05) is 42.5 Å². The van der Waals surface area contributed by atoms with Gasteiger partial charge < -0.3 is 24.6 Å². The van der Waals surface area contributed by atoms with Crippen molar-refractivity contribution >= 4 is 5.91 Å². The minimum Gasteiger partial charge on any atom is -0.496 e. The molecule has 2 aliphatic heterocycles. The summed E-state index contributed by atoms with van der Waals surface area (Å²) in [4.78, 5) is 14.9. The normalized spacial score (nSPS) is 26.0. The standard InChI is InChI=1S/C26H34N2O5/c1-31-24-10-6-5-9-20(24)14-27-26(30)13-22-11-12-23-25(33-22)18-32-17-21(29)16-28(23)15-19-7-3-2-4-8-19/h2-10,21-23,25,29H,11-18H2,1H3,(H,27,30)/t21-,22+,23-,25+/m0/s1. The average molecular weight is 455 g/mol. The molecule has 2 aromatic carbocycles. The van der Waals surface area contributed by atoms with Gasteiger partial charge in [0.25, 0.3) is 0 Å². The first-order valence-electron chi connectivity index (χ1n) is 11.7. The molecule has 4 atom stereocenters. The molecule has 2 N–H and O–H groups in total. The third-order valence-electron chi connectivity index (χ3n) is 6.40. The Hall–Kier alpha value is -2.45. The fraction of sp³-hybridized carbons (Fsp3) is 0.500. The molecule has 7 heteroatoms. The minimum absolute atomic E-state index is 0.0346. The third kappa shape index (κ3) is 6.54. The van der Waals surface area contributed by atoms with Crippen LogP contribution in [0.3, 0.4) is 0 Å². The number of carbonyl (C=O) groups excluding carboxylic acids is 1. The Morgan fingerprint density at radius 2 is 1.91 bits per heavy atom. The predicted octanol–water partition coefficient (Wildman–Crippen LogP) is 2.51. The monoisotopic (exact) mass is 454 g/mol. The molecule has 7 nitrogen and oxygen atoms in total. The van der Waals surface area contributed by atoms with Gasteiger partial charge in [-0.05, 0) is 24.5 Å². The Morgan fingerprint density at radius 1 is 1.12 bits per heavy atom. The van der Waals surface area contributed by atoms with Crippen LogP contribution in [0.5, 0.6) is 5.75 Å². The van der Waals surface area contributed by atoms with Crippen molar-refractivity contribution in [3.63, 3.8) is 0 Å². The van der Waals surface area contributed by atoms with E-state index in [9.17, 15) is 9.90 Å². The first-order valence-corrected chi connectivity index (χ1v) is 11.7. The number of hydrogen-bond acceptors (Lipinski definition) is 6. The summed E-state index contributed by atoms with van der Waals surface area (Å²) >= 11 is 0. The highest BCUT2D eigenvalue weighted by molar-refractivity contribution is 5.76. The number of fused-ring (bicyclic) bond motifs is 1. The van der Waals surface area contributed by atoms with Crippen LogP contribution in [0.2, 0.25) is 0 Å². The summed E-state index contributed by atoms with van der Waals surface area (Å²) in [5.74, 6) is 0.731. The smallest absolute Gasteiger partial charge is 0.222 e. The van der Waals surface area contributed by atoms with Crippen LogP contribution in [0.1, 0.15) is 30.4 Å². The van der Waals surface area contributed by atoms with Gasteiger partial charge in [-0.2, -0.15) is 0 Å². The summed E-state index contributed by atoms with van der Waals surface area (Å²) in [6.45, 7) is 2.44. The highest BCUT2D eigenvalue weighted by Gasteiger charge is 2.38. The molecule has 2 heterocycles. The van der Waals surface area contributed by atoms with E-state index >= 15 is 0 Å². The van der Waals surface area contributed by atoms with Crippen molar-refractivity contribution in [2.24, 2.45) is 0 Å². The van der Waals surface area contributed by atoms with Crippen molar-refractivity contribution < 1.29 is 24.1 Å². The SMILES string of the molecule is COc1ccccc1CNC(=O)C[C@H]1CC[C@H]2[C@@H](COC[C@@H](O)CN2Cc2ccccc2)O1. The zero-order chi connectivity index (χ0) is 23.0. The number of nitrogens with zero attached hydrogens (tertiary/aromatic N) is 1. The molecular weight excluding hydrogens is 420 g/mol. The Balaban J connectivity index is 1.34. The zero-order valence-corrected chi connectivity index (χ0v) is 19.2. The van der Waals surface area contributed by atoms with Crippen molar-refractivity contribution in [2.75, 3.05) is 26.9 Å². The van der Waals surface area contributed by atoms with Crippen molar-refractivity contribution in [2.45, 2.75) is 56.7 Å². The first-order chi connectivity index (χ1) is 16.1. The maximum Gasteiger partial charge on any atom is 0.222 e. The molecule has 0 aliphatic carbocycles. The maximum absolute atomic E-state index is 12.6. The van der Waals surface area contributed by atoms with Gasteiger partial charge in [0.05, 0.1) is 45.1 Å². The molecule has 178 valence electrons. The number of carbonyl (C=O) groups is 1. The molecule has 33 heavy (non-hydrogen) atoms. The summed E-state index contributed by atoms with van der Waals surface area (Å²) in [6.07, 6.45) is 1.23. The summed E-state index contributed by atoms with van der Waals surface area (Å²) in [5.41, 5.74) is 2.16. The molecule has 2 fully saturated rings. The molecule has 0 saturated carbocycles. The molecule has 0 spiro atoms. The zero-order valence-electron chi connectivity index (χ0n) is 19.2. The van der Waals surface area contributed by atoms with Gasteiger partial charge in [0, 0.05) is 31.2 Å². The van der Waals surface area contributed by atoms with Crippen molar-refractivity contribution in [1.29, 1.82) is 0 Å². The van der Waals surface area contributed by atoms with Crippen molar-refractivity contribution in [1.82, 2.24) is 10.2 Å². The van der Waals surface area contributed by atoms with Crippen molar-refractivity contribution in [3.8, 4) is 5.75 Å². The van der Waals surface area contributed by atoms with E-state index in [2.05, 4.69) is 22.3 Å². The number of nitrogens with one attached hydrogen (secondary N) is 1. The number of β-amino-alcohol motifs (C(OH)–C–C–N with tert-alkyl or cyclic N) is 1. The number of methoxy groups -OCH3 is 1. The van der Waals surface area contributed by atoms with E-state index in [0.717, 1.165) is 30.7 Å². The molecule has 0 bridgehead atoms.